The standard InChI is InChI=1S/C18H20N4O4S/c1-26-18(23)17-16(20)14(10-19)11-22(17)15-6-4-13(5-7-15)12-27(24,25)21-8-2-3-9-21/h4-7,11H,2-3,8-9,12,20H2,1H3. The van der Waals surface area contributed by atoms with Crippen molar-refractivity contribution in [1.29, 1.82) is 5.26 Å². The van der Waals surface area contributed by atoms with Crippen molar-refractivity contribution >= 4 is 21.7 Å². The summed E-state index contributed by atoms with van der Waals surface area (Å²) in [5.41, 5.74) is 7.37. The van der Waals surface area contributed by atoms with Crippen LogP contribution in [0.25, 0.3) is 5.69 Å². The number of nitriles is 1. The molecule has 0 amide bonds. The van der Waals surface area contributed by atoms with Crippen LogP contribution in [0.15, 0.2) is 30.5 Å². The average Bonchev–Trinajstić information content (AvgIpc) is 3.30. The third kappa shape index (κ3) is 3.67. The Morgan fingerprint density at radius 1 is 1.26 bits per heavy atom. The molecule has 1 aliphatic rings. The fraction of sp³-hybridized carbons (Fsp3) is 0.333. The Labute approximate surface area is 157 Å². The van der Waals surface area contributed by atoms with Gasteiger partial charge in [0.2, 0.25) is 10.0 Å². The number of rotatable bonds is 5. The monoisotopic (exact) mass is 388 g/mol. The van der Waals surface area contributed by atoms with Crippen molar-refractivity contribution in [3.05, 3.63) is 47.3 Å². The highest BCUT2D eigenvalue weighted by atomic mass is 32.2. The van der Waals surface area contributed by atoms with Crippen molar-refractivity contribution in [2.24, 2.45) is 0 Å². The molecule has 0 atom stereocenters. The molecule has 3 rings (SSSR count). The van der Waals surface area contributed by atoms with Gasteiger partial charge in [0.05, 0.1) is 24.1 Å². The summed E-state index contributed by atoms with van der Waals surface area (Å²) in [6, 6.07) is 8.68. The van der Waals surface area contributed by atoms with Gasteiger partial charge in [-0.25, -0.2) is 17.5 Å². The van der Waals surface area contributed by atoms with Gasteiger partial charge in [-0.3, -0.25) is 0 Å². The van der Waals surface area contributed by atoms with Crippen LogP contribution in [0.2, 0.25) is 0 Å². The number of hydrogen-bond acceptors (Lipinski definition) is 6. The zero-order valence-electron chi connectivity index (χ0n) is 14.9. The molecule has 2 aromatic rings. The Morgan fingerprint density at radius 3 is 2.44 bits per heavy atom. The number of methoxy groups -OCH3 is 1. The van der Waals surface area contributed by atoms with Gasteiger partial charge in [-0.1, -0.05) is 12.1 Å². The molecule has 142 valence electrons. The summed E-state index contributed by atoms with van der Waals surface area (Å²) in [6.07, 6.45) is 3.24. The summed E-state index contributed by atoms with van der Waals surface area (Å²) in [7, 11) is -2.10. The van der Waals surface area contributed by atoms with Gasteiger partial charge < -0.3 is 15.0 Å². The first-order valence-electron chi connectivity index (χ1n) is 8.43. The van der Waals surface area contributed by atoms with E-state index in [4.69, 9.17) is 15.7 Å². The molecular formula is C18H20N4O4S. The number of nitrogens with two attached hydrogens (primary N) is 1. The summed E-state index contributed by atoms with van der Waals surface area (Å²) < 4.78 is 32.6. The van der Waals surface area contributed by atoms with Crippen LogP contribution in [0.1, 0.15) is 34.5 Å². The number of carbonyl (C=O) groups excluding carboxylic acids is 1. The molecule has 0 radical (unpaired) electrons. The van der Waals surface area contributed by atoms with Crippen LogP contribution in [-0.4, -0.2) is 43.5 Å². The molecule has 1 fully saturated rings. The first kappa shape index (κ1) is 18.9. The van der Waals surface area contributed by atoms with Crippen molar-refractivity contribution in [2.75, 3.05) is 25.9 Å². The molecule has 0 bridgehead atoms. The lowest BCUT2D eigenvalue weighted by Crippen LogP contribution is -2.29. The zero-order chi connectivity index (χ0) is 19.6. The number of carbonyl (C=O) groups is 1. The van der Waals surface area contributed by atoms with Crippen LogP contribution >= 0.6 is 0 Å². The Balaban J connectivity index is 1.90. The third-order valence-electron chi connectivity index (χ3n) is 4.57. The predicted octanol–water partition coefficient (Wildman–Crippen LogP) is 1.64. The minimum atomic E-state index is -3.33. The second kappa shape index (κ2) is 7.42. The predicted molar refractivity (Wildman–Crippen MR) is 99.7 cm³/mol. The summed E-state index contributed by atoms with van der Waals surface area (Å²) in [6.45, 7) is 1.14. The fourth-order valence-electron chi connectivity index (χ4n) is 3.14. The van der Waals surface area contributed by atoms with Crippen molar-refractivity contribution < 1.29 is 17.9 Å². The molecular weight excluding hydrogens is 368 g/mol. The van der Waals surface area contributed by atoms with Crippen LogP contribution in [-0.2, 0) is 20.5 Å². The van der Waals surface area contributed by atoms with Crippen LogP contribution in [0, 0.1) is 11.3 Å². The van der Waals surface area contributed by atoms with E-state index < -0.39 is 16.0 Å². The minimum absolute atomic E-state index is 0.0463. The van der Waals surface area contributed by atoms with E-state index >= 15 is 0 Å². The first-order chi connectivity index (χ1) is 12.9. The van der Waals surface area contributed by atoms with Gasteiger partial charge in [0.25, 0.3) is 0 Å². The molecule has 1 aromatic heterocycles. The fourth-order valence-corrected chi connectivity index (χ4v) is 4.75. The maximum absolute atomic E-state index is 12.4. The van der Waals surface area contributed by atoms with Gasteiger partial charge in [0.1, 0.15) is 6.07 Å². The van der Waals surface area contributed by atoms with Crippen LogP contribution < -0.4 is 5.73 Å². The van der Waals surface area contributed by atoms with Crippen LogP contribution in [0.4, 0.5) is 5.69 Å². The third-order valence-corrected chi connectivity index (χ3v) is 6.42. The zero-order valence-corrected chi connectivity index (χ0v) is 15.7. The highest BCUT2D eigenvalue weighted by Crippen LogP contribution is 2.25. The number of anilines is 1. The number of nitrogen functional groups attached to an aromatic ring is 1. The first-order valence-corrected chi connectivity index (χ1v) is 10.0. The van der Waals surface area contributed by atoms with E-state index in [1.807, 2.05) is 6.07 Å². The maximum Gasteiger partial charge on any atom is 0.357 e. The average molecular weight is 388 g/mol. The second-order valence-corrected chi connectivity index (χ2v) is 8.28. The van der Waals surface area contributed by atoms with E-state index in [1.165, 1.54) is 22.2 Å². The number of ether oxygens (including phenoxy) is 1. The Kier molecular flexibility index (Phi) is 5.21. The molecule has 1 aliphatic heterocycles. The highest BCUT2D eigenvalue weighted by Gasteiger charge is 2.26. The Morgan fingerprint density at radius 2 is 1.89 bits per heavy atom. The minimum Gasteiger partial charge on any atom is -0.464 e. The van der Waals surface area contributed by atoms with E-state index in [-0.39, 0.29) is 22.7 Å². The molecule has 0 spiro atoms. The molecule has 0 aliphatic carbocycles. The van der Waals surface area contributed by atoms with E-state index in [1.54, 1.807) is 24.3 Å². The van der Waals surface area contributed by atoms with Crippen molar-refractivity contribution in [3.8, 4) is 11.8 Å². The van der Waals surface area contributed by atoms with E-state index in [2.05, 4.69) is 0 Å². The molecule has 1 aromatic carbocycles. The summed E-state index contributed by atoms with van der Waals surface area (Å²) in [5, 5.41) is 9.17. The lowest BCUT2D eigenvalue weighted by Gasteiger charge is -2.15. The summed E-state index contributed by atoms with van der Waals surface area (Å²) in [4.78, 5) is 12.0. The molecule has 0 unspecified atom stereocenters. The molecule has 1 saturated heterocycles. The molecule has 0 saturated carbocycles. The van der Waals surface area contributed by atoms with Crippen molar-refractivity contribution in [1.82, 2.24) is 8.87 Å². The van der Waals surface area contributed by atoms with E-state index in [0.717, 1.165) is 12.8 Å². The normalized spacial score (nSPS) is 14.8. The lowest BCUT2D eigenvalue weighted by molar-refractivity contribution is 0.0593. The highest BCUT2D eigenvalue weighted by molar-refractivity contribution is 7.88. The van der Waals surface area contributed by atoms with Gasteiger partial charge in [-0.05, 0) is 30.5 Å². The number of benzene rings is 1. The van der Waals surface area contributed by atoms with Gasteiger partial charge in [0.15, 0.2) is 5.69 Å². The lowest BCUT2D eigenvalue weighted by atomic mass is 10.2. The molecule has 27 heavy (non-hydrogen) atoms. The van der Waals surface area contributed by atoms with Crippen LogP contribution in [0.3, 0.4) is 0 Å². The Hall–Kier alpha value is -2.83. The number of aromatic nitrogens is 1. The molecule has 2 N–H and O–H groups in total. The Bertz CT molecular complexity index is 997. The van der Waals surface area contributed by atoms with Crippen LogP contribution in [0.5, 0.6) is 0 Å². The van der Waals surface area contributed by atoms with Gasteiger partial charge in [0, 0.05) is 25.0 Å². The summed E-state index contributed by atoms with van der Waals surface area (Å²) >= 11 is 0. The second-order valence-electron chi connectivity index (χ2n) is 6.31. The van der Waals surface area contributed by atoms with E-state index in [9.17, 15) is 13.2 Å². The number of nitrogens with zero attached hydrogens (tertiary/aromatic N) is 3. The number of sulfonamides is 1. The van der Waals surface area contributed by atoms with Gasteiger partial charge in [-0.15, -0.1) is 0 Å². The molecule has 8 nitrogen and oxygen atoms in total. The SMILES string of the molecule is COC(=O)c1c(N)c(C#N)cn1-c1ccc(CS(=O)(=O)N2CCCC2)cc1. The van der Waals surface area contributed by atoms with Crippen molar-refractivity contribution in [2.45, 2.75) is 18.6 Å². The quantitative estimate of drug-likeness (QED) is 0.778. The summed E-state index contributed by atoms with van der Waals surface area (Å²) in [5.74, 6) is -0.733. The maximum atomic E-state index is 12.4. The topological polar surface area (TPSA) is 118 Å². The van der Waals surface area contributed by atoms with Gasteiger partial charge in [-0.2, -0.15) is 5.26 Å². The smallest absolute Gasteiger partial charge is 0.357 e. The van der Waals surface area contributed by atoms with Gasteiger partial charge >= 0.3 is 5.97 Å². The molecule has 2 heterocycles. The number of hydrogen-bond donors (Lipinski definition) is 1. The molecule has 9 heteroatoms. The van der Waals surface area contributed by atoms with E-state index in [0.29, 0.717) is 24.3 Å². The largest absolute Gasteiger partial charge is 0.464 e. The van der Waals surface area contributed by atoms with Crippen molar-refractivity contribution in [3.63, 3.8) is 0 Å². The number of esters is 1.